The molecule has 0 aliphatic rings. The molecule has 0 atom stereocenters. The molecular formula is C9H9O3. The van der Waals surface area contributed by atoms with Crippen LogP contribution in [0.25, 0.3) is 0 Å². The lowest BCUT2D eigenvalue weighted by molar-refractivity contribution is 0.401. The Morgan fingerprint density at radius 3 is 2.50 bits per heavy atom. The minimum Gasteiger partial charge on any atom is -0.497 e. The topological polar surface area (TPSA) is 35.5 Å². The van der Waals surface area contributed by atoms with Gasteiger partial charge in [-0.15, -0.1) is 0 Å². The summed E-state index contributed by atoms with van der Waals surface area (Å²) in [5.74, 6) is 1.12. The molecule has 0 aliphatic heterocycles. The molecule has 0 unspecified atom stereocenters. The summed E-state index contributed by atoms with van der Waals surface area (Å²) in [6.45, 7) is 0. The van der Waals surface area contributed by atoms with Crippen molar-refractivity contribution < 1.29 is 14.3 Å². The highest BCUT2D eigenvalue weighted by Crippen LogP contribution is 2.21. The predicted molar refractivity (Wildman–Crippen MR) is 44.3 cm³/mol. The second kappa shape index (κ2) is 3.76. The number of hydrogen-bond acceptors (Lipinski definition) is 3. The van der Waals surface area contributed by atoms with Crippen molar-refractivity contribution in [1.82, 2.24) is 0 Å². The average molecular weight is 165 g/mol. The highest BCUT2D eigenvalue weighted by Gasteiger charge is 2.03. The summed E-state index contributed by atoms with van der Waals surface area (Å²) in [5.41, 5.74) is 0.372. The van der Waals surface area contributed by atoms with Crippen molar-refractivity contribution in [1.29, 1.82) is 0 Å². The van der Waals surface area contributed by atoms with E-state index in [1.165, 1.54) is 14.2 Å². The van der Waals surface area contributed by atoms with Gasteiger partial charge in [0.1, 0.15) is 11.5 Å². The average Bonchev–Trinajstić information content (AvgIpc) is 2.16. The van der Waals surface area contributed by atoms with Gasteiger partial charge in [0.05, 0.1) is 19.8 Å². The van der Waals surface area contributed by atoms with E-state index in [-0.39, 0.29) is 0 Å². The van der Waals surface area contributed by atoms with Gasteiger partial charge < -0.3 is 9.47 Å². The minimum absolute atomic E-state index is 0.372. The fourth-order valence-electron chi connectivity index (χ4n) is 0.894. The number of ether oxygens (including phenoxy) is 2. The molecule has 0 fully saturated rings. The summed E-state index contributed by atoms with van der Waals surface area (Å²) in [4.78, 5) is 10.4. The van der Waals surface area contributed by atoms with E-state index in [4.69, 9.17) is 9.47 Å². The van der Waals surface area contributed by atoms with Gasteiger partial charge in [0.2, 0.25) is 6.29 Å². The highest BCUT2D eigenvalue weighted by molar-refractivity contribution is 5.80. The van der Waals surface area contributed by atoms with Crippen LogP contribution in [-0.4, -0.2) is 20.5 Å². The van der Waals surface area contributed by atoms with Gasteiger partial charge in [0.25, 0.3) is 0 Å². The maximum atomic E-state index is 10.4. The first-order valence-electron chi connectivity index (χ1n) is 3.42. The van der Waals surface area contributed by atoms with E-state index in [2.05, 4.69) is 0 Å². The van der Waals surface area contributed by atoms with Gasteiger partial charge in [0.15, 0.2) is 0 Å². The molecule has 0 spiro atoms. The van der Waals surface area contributed by atoms with Crippen molar-refractivity contribution in [2.75, 3.05) is 14.2 Å². The van der Waals surface area contributed by atoms with Gasteiger partial charge in [-0.05, 0) is 18.2 Å². The zero-order chi connectivity index (χ0) is 8.97. The van der Waals surface area contributed by atoms with Gasteiger partial charge in [-0.1, -0.05) is 0 Å². The molecule has 0 N–H and O–H groups in total. The molecule has 63 valence electrons. The fourth-order valence-corrected chi connectivity index (χ4v) is 0.894. The summed E-state index contributed by atoms with van der Waals surface area (Å²) in [5, 5.41) is 0. The van der Waals surface area contributed by atoms with Crippen molar-refractivity contribution >= 4 is 6.29 Å². The van der Waals surface area contributed by atoms with Gasteiger partial charge in [0, 0.05) is 0 Å². The smallest absolute Gasteiger partial charge is 0.237 e. The second-order valence-corrected chi connectivity index (χ2v) is 2.17. The van der Waals surface area contributed by atoms with E-state index in [9.17, 15) is 4.79 Å². The monoisotopic (exact) mass is 165 g/mol. The molecule has 0 saturated heterocycles. The van der Waals surface area contributed by atoms with E-state index in [1.54, 1.807) is 24.5 Å². The van der Waals surface area contributed by atoms with Gasteiger partial charge in [-0.3, -0.25) is 4.79 Å². The Balaban J connectivity index is 3.10. The van der Waals surface area contributed by atoms with Crippen LogP contribution in [0.4, 0.5) is 0 Å². The lowest BCUT2D eigenvalue weighted by Crippen LogP contribution is -1.91. The van der Waals surface area contributed by atoms with Crippen LogP contribution in [0.5, 0.6) is 11.5 Å². The molecule has 0 amide bonds. The number of hydrogen-bond donors (Lipinski definition) is 0. The Hall–Kier alpha value is -1.51. The molecule has 0 bridgehead atoms. The molecular weight excluding hydrogens is 156 g/mol. The summed E-state index contributed by atoms with van der Waals surface area (Å²) in [6.07, 6.45) is 1.77. The summed E-state index contributed by atoms with van der Waals surface area (Å²) in [6, 6.07) is 4.96. The Morgan fingerprint density at radius 1 is 1.25 bits per heavy atom. The maximum Gasteiger partial charge on any atom is 0.237 e. The van der Waals surface area contributed by atoms with Crippen LogP contribution < -0.4 is 9.47 Å². The Kier molecular flexibility index (Phi) is 2.69. The molecule has 3 heteroatoms. The first kappa shape index (κ1) is 8.59. The first-order chi connectivity index (χ1) is 5.81. The van der Waals surface area contributed by atoms with E-state index in [0.29, 0.717) is 17.1 Å². The Labute approximate surface area is 70.9 Å². The summed E-state index contributed by atoms with van der Waals surface area (Å²) in [7, 11) is 3.04. The van der Waals surface area contributed by atoms with E-state index in [1.807, 2.05) is 0 Å². The second-order valence-electron chi connectivity index (χ2n) is 2.17. The van der Waals surface area contributed by atoms with Crippen LogP contribution in [0.3, 0.4) is 0 Å². The van der Waals surface area contributed by atoms with Crippen LogP contribution in [0.15, 0.2) is 18.2 Å². The fraction of sp³-hybridized carbons (Fsp3) is 0.222. The maximum absolute atomic E-state index is 10.4. The third-order valence-corrected chi connectivity index (χ3v) is 1.52. The molecule has 3 nitrogen and oxygen atoms in total. The quantitative estimate of drug-likeness (QED) is 0.674. The first-order valence-corrected chi connectivity index (χ1v) is 3.42. The van der Waals surface area contributed by atoms with Gasteiger partial charge in [-0.2, -0.15) is 0 Å². The van der Waals surface area contributed by atoms with Gasteiger partial charge in [-0.25, -0.2) is 0 Å². The minimum atomic E-state index is 0.372. The third kappa shape index (κ3) is 1.56. The zero-order valence-corrected chi connectivity index (χ0v) is 6.96. The third-order valence-electron chi connectivity index (χ3n) is 1.52. The predicted octanol–water partition coefficient (Wildman–Crippen LogP) is 1.16. The Bertz CT molecular complexity index is 281. The lowest BCUT2D eigenvalue weighted by atomic mass is 10.2. The Morgan fingerprint density at radius 2 is 2.00 bits per heavy atom. The molecule has 0 saturated carbocycles. The van der Waals surface area contributed by atoms with Crippen molar-refractivity contribution in [3.63, 3.8) is 0 Å². The zero-order valence-electron chi connectivity index (χ0n) is 6.96. The van der Waals surface area contributed by atoms with Crippen molar-refractivity contribution in [3.8, 4) is 11.5 Å². The summed E-state index contributed by atoms with van der Waals surface area (Å²) >= 11 is 0. The molecule has 12 heavy (non-hydrogen) atoms. The summed E-state index contributed by atoms with van der Waals surface area (Å²) < 4.78 is 9.84. The number of rotatable bonds is 3. The SMILES string of the molecule is COc1ccc(OC)c([C]=O)c1. The molecule has 1 rings (SSSR count). The molecule has 1 aromatic rings. The van der Waals surface area contributed by atoms with Crippen LogP contribution in [0.1, 0.15) is 5.56 Å². The molecule has 1 aromatic carbocycles. The van der Waals surface area contributed by atoms with E-state index >= 15 is 0 Å². The van der Waals surface area contributed by atoms with Crippen LogP contribution in [0.2, 0.25) is 0 Å². The lowest BCUT2D eigenvalue weighted by Gasteiger charge is -2.04. The highest BCUT2D eigenvalue weighted by atomic mass is 16.5. The van der Waals surface area contributed by atoms with Crippen LogP contribution >= 0.6 is 0 Å². The molecule has 1 radical (unpaired) electrons. The van der Waals surface area contributed by atoms with Gasteiger partial charge >= 0.3 is 0 Å². The van der Waals surface area contributed by atoms with Crippen molar-refractivity contribution in [3.05, 3.63) is 23.8 Å². The molecule has 0 heterocycles. The number of methoxy groups -OCH3 is 2. The standard InChI is InChI=1S/C9H9O3/c1-11-8-3-4-9(12-2)7(5-8)6-10/h3-5H,1-2H3. The van der Waals surface area contributed by atoms with Crippen LogP contribution in [-0.2, 0) is 4.79 Å². The normalized spacial score (nSPS) is 9.17. The molecule has 0 aliphatic carbocycles. The van der Waals surface area contributed by atoms with Crippen LogP contribution in [0, 0.1) is 0 Å². The van der Waals surface area contributed by atoms with Crippen molar-refractivity contribution in [2.24, 2.45) is 0 Å². The van der Waals surface area contributed by atoms with E-state index in [0.717, 1.165) is 0 Å². The van der Waals surface area contributed by atoms with E-state index < -0.39 is 0 Å². The van der Waals surface area contributed by atoms with Crippen molar-refractivity contribution in [2.45, 2.75) is 0 Å². The number of benzene rings is 1. The molecule has 0 aromatic heterocycles. The largest absolute Gasteiger partial charge is 0.497 e. The number of carbonyl (C=O) groups excluding carboxylic acids is 1.